The molecule has 0 radical (unpaired) electrons. The number of aliphatic hydroxyl groups is 3. The highest BCUT2D eigenvalue weighted by Gasteiger charge is 2.28. The molecule has 1 heterocycles. The van der Waals surface area contributed by atoms with Crippen molar-refractivity contribution in [3.05, 3.63) is 29.8 Å². The van der Waals surface area contributed by atoms with E-state index in [1.807, 2.05) is 24.3 Å². The van der Waals surface area contributed by atoms with Gasteiger partial charge in [0.25, 0.3) is 0 Å². The van der Waals surface area contributed by atoms with Gasteiger partial charge in [0.05, 0.1) is 19.8 Å². The number of nitrogens with zero attached hydrogens (tertiary/aromatic N) is 1. The molecule has 3 N–H and O–H groups in total. The first-order chi connectivity index (χ1) is 10.2. The van der Waals surface area contributed by atoms with Crippen LogP contribution >= 0.6 is 0 Å². The second-order valence-electron chi connectivity index (χ2n) is 5.01. The van der Waals surface area contributed by atoms with Gasteiger partial charge in [-0.3, -0.25) is 4.99 Å². The van der Waals surface area contributed by atoms with Crippen LogP contribution in [0.25, 0.3) is 0 Å². The number of hydrogen-bond acceptors (Lipinski definition) is 6. The second kappa shape index (κ2) is 7.67. The molecule has 114 valence electrons. The summed E-state index contributed by atoms with van der Waals surface area (Å²) in [6, 6.07) is 7.46. The first kappa shape index (κ1) is 16.1. The lowest BCUT2D eigenvalue weighted by atomic mass is 9.75. The Morgan fingerprint density at radius 1 is 1.10 bits per heavy atom. The predicted molar refractivity (Wildman–Crippen MR) is 79.9 cm³/mol. The summed E-state index contributed by atoms with van der Waals surface area (Å²) in [6.45, 7) is -0.0205. The smallest absolute Gasteiger partial charge is 0.407 e. The Balaban J connectivity index is 2.23. The molecule has 1 aliphatic rings. The lowest BCUT2D eigenvalue weighted by molar-refractivity contribution is 0.0718. The van der Waals surface area contributed by atoms with Crippen molar-refractivity contribution in [3.8, 4) is 0 Å². The van der Waals surface area contributed by atoms with E-state index in [4.69, 9.17) is 9.31 Å². The van der Waals surface area contributed by atoms with E-state index in [-0.39, 0.29) is 0 Å². The first-order valence-corrected chi connectivity index (χ1v) is 6.94. The first-order valence-electron chi connectivity index (χ1n) is 6.94. The van der Waals surface area contributed by atoms with Crippen LogP contribution in [0, 0.1) is 0 Å². The van der Waals surface area contributed by atoms with Gasteiger partial charge in [0, 0.05) is 19.4 Å². The molecule has 1 aromatic carbocycles. The molecular weight excluding hydrogens is 273 g/mol. The number of hydrogen-bond donors (Lipinski definition) is 3. The van der Waals surface area contributed by atoms with E-state index >= 15 is 0 Å². The summed E-state index contributed by atoms with van der Waals surface area (Å²) in [5.41, 5.74) is 0.328. The maximum Gasteiger partial charge on any atom is 0.494 e. The average molecular weight is 293 g/mol. The molecule has 6 nitrogen and oxygen atoms in total. The Bertz CT molecular complexity index is 464. The minimum absolute atomic E-state index is 0.435. The molecule has 0 unspecified atom stereocenters. The van der Waals surface area contributed by atoms with Gasteiger partial charge in [0.1, 0.15) is 5.54 Å². The van der Waals surface area contributed by atoms with Crippen LogP contribution in [0.1, 0.15) is 12.0 Å². The van der Waals surface area contributed by atoms with Crippen molar-refractivity contribution in [2.45, 2.75) is 12.0 Å². The van der Waals surface area contributed by atoms with Crippen molar-refractivity contribution in [2.24, 2.45) is 4.99 Å². The Hall–Kier alpha value is -1.25. The zero-order chi connectivity index (χ0) is 15.1. The highest BCUT2D eigenvalue weighted by molar-refractivity contribution is 6.62. The molecule has 2 rings (SSSR count). The highest BCUT2D eigenvalue weighted by atomic mass is 16.6. The minimum atomic E-state index is -1.28. The van der Waals surface area contributed by atoms with Crippen molar-refractivity contribution in [1.82, 2.24) is 0 Å². The van der Waals surface area contributed by atoms with Gasteiger partial charge < -0.3 is 24.6 Å². The molecule has 1 aliphatic heterocycles. The van der Waals surface area contributed by atoms with Gasteiger partial charge in [0.2, 0.25) is 0 Å². The summed E-state index contributed by atoms with van der Waals surface area (Å²) in [4.78, 5) is 4.15. The molecule has 1 saturated heterocycles. The van der Waals surface area contributed by atoms with Crippen LogP contribution in [0.5, 0.6) is 0 Å². The molecule has 0 atom stereocenters. The van der Waals surface area contributed by atoms with Crippen LogP contribution in [-0.2, 0) is 9.31 Å². The van der Waals surface area contributed by atoms with Gasteiger partial charge in [-0.2, -0.15) is 0 Å². The fraction of sp³-hybridized carbons (Fsp3) is 0.500. The van der Waals surface area contributed by atoms with Gasteiger partial charge in [-0.25, -0.2) is 0 Å². The van der Waals surface area contributed by atoms with Crippen LogP contribution in [-0.4, -0.2) is 67.2 Å². The Morgan fingerprint density at radius 3 is 2.33 bits per heavy atom. The van der Waals surface area contributed by atoms with E-state index in [2.05, 4.69) is 4.99 Å². The summed E-state index contributed by atoms with van der Waals surface area (Å²) in [7, 11) is -0.437. The second-order valence-corrected chi connectivity index (χ2v) is 5.01. The highest BCUT2D eigenvalue weighted by Crippen LogP contribution is 2.10. The standard InChI is InChI=1S/C14H20BNO5/c17-9-14(10-18,11-19)16-8-12-4-1-2-5-13(12)15-20-6-3-7-21-15/h1-2,4-5,8,17-19H,3,6-7,9-11H2. The summed E-state index contributed by atoms with van der Waals surface area (Å²) in [5.74, 6) is 0. The lowest BCUT2D eigenvalue weighted by Gasteiger charge is -2.23. The van der Waals surface area contributed by atoms with Gasteiger partial charge in [-0.05, 0) is 17.4 Å². The molecule has 0 amide bonds. The molecule has 1 fully saturated rings. The molecule has 0 bridgehead atoms. The normalized spacial score (nSPS) is 16.6. The summed E-state index contributed by atoms with van der Waals surface area (Å²) >= 11 is 0. The van der Waals surface area contributed by atoms with Crippen molar-refractivity contribution in [1.29, 1.82) is 0 Å². The van der Waals surface area contributed by atoms with Crippen LogP contribution in [0.2, 0.25) is 0 Å². The fourth-order valence-electron chi connectivity index (χ4n) is 1.99. The molecular formula is C14H20BNO5. The Labute approximate surface area is 124 Å². The Morgan fingerprint density at radius 2 is 1.71 bits per heavy atom. The van der Waals surface area contributed by atoms with Crippen LogP contribution < -0.4 is 5.46 Å². The van der Waals surface area contributed by atoms with Crippen molar-refractivity contribution in [3.63, 3.8) is 0 Å². The van der Waals surface area contributed by atoms with E-state index in [0.29, 0.717) is 13.2 Å². The van der Waals surface area contributed by atoms with Crippen molar-refractivity contribution >= 4 is 18.8 Å². The molecule has 0 spiro atoms. The third-order valence-electron chi connectivity index (χ3n) is 3.44. The molecule has 7 heteroatoms. The largest absolute Gasteiger partial charge is 0.494 e. The van der Waals surface area contributed by atoms with Gasteiger partial charge in [0.15, 0.2) is 0 Å². The molecule has 21 heavy (non-hydrogen) atoms. The maximum atomic E-state index is 9.29. The third-order valence-corrected chi connectivity index (χ3v) is 3.44. The number of aliphatic hydroxyl groups excluding tert-OH is 3. The summed E-state index contributed by atoms with van der Waals surface area (Å²) < 4.78 is 11.2. The molecule has 0 aromatic heterocycles. The van der Waals surface area contributed by atoms with E-state index in [1.165, 1.54) is 6.21 Å². The van der Waals surface area contributed by atoms with Crippen molar-refractivity contribution < 1.29 is 24.6 Å². The van der Waals surface area contributed by atoms with Gasteiger partial charge in [-0.15, -0.1) is 0 Å². The number of benzene rings is 1. The van der Waals surface area contributed by atoms with Crippen LogP contribution in [0.4, 0.5) is 0 Å². The fourth-order valence-corrected chi connectivity index (χ4v) is 1.99. The molecule has 0 saturated carbocycles. The minimum Gasteiger partial charge on any atom is -0.407 e. The molecule has 0 aliphatic carbocycles. The zero-order valence-electron chi connectivity index (χ0n) is 11.8. The van der Waals surface area contributed by atoms with E-state index in [1.54, 1.807) is 0 Å². The molecule has 1 aromatic rings. The quantitative estimate of drug-likeness (QED) is 0.460. The maximum absolute atomic E-state index is 9.29. The predicted octanol–water partition coefficient (Wildman–Crippen LogP) is -1.05. The number of rotatable bonds is 6. The monoisotopic (exact) mass is 293 g/mol. The third kappa shape index (κ3) is 3.90. The van der Waals surface area contributed by atoms with E-state index in [9.17, 15) is 15.3 Å². The zero-order valence-corrected chi connectivity index (χ0v) is 11.8. The topological polar surface area (TPSA) is 91.5 Å². The summed E-state index contributed by atoms with van der Waals surface area (Å²) in [6.07, 6.45) is 2.40. The van der Waals surface area contributed by atoms with Crippen molar-refractivity contribution in [2.75, 3.05) is 33.0 Å². The Kier molecular flexibility index (Phi) is 5.90. The van der Waals surface area contributed by atoms with Gasteiger partial charge in [-0.1, -0.05) is 24.3 Å². The number of aliphatic imine (C=N–C) groups is 1. The van der Waals surface area contributed by atoms with Crippen LogP contribution in [0.15, 0.2) is 29.3 Å². The average Bonchev–Trinajstić information content (AvgIpc) is 2.58. The SMILES string of the molecule is OCC(CO)(CO)N=Cc1ccccc1B1OCCCO1. The van der Waals surface area contributed by atoms with E-state index < -0.39 is 32.5 Å². The lowest BCUT2D eigenvalue weighted by Crippen LogP contribution is -2.43. The van der Waals surface area contributed by atoms with E-state index in [0.717, 1.165) is 17.4 Å². The van der Waals surface area contributed by atoms with Gasteiger partial charge >= 0.3 is 7.12 Å². The van der Waals surface area contributed by atoms with Crippen LogP contribution in [0.3, 0.4) is 0 Å². The summed E-state index contributed by atoms with van der Waals surface area (Å²) in [5, 5.41) is 27.9.